The Morgan fingerprint density at radius 1 is 1.16 bits per heavy atom. The number of piperidine rings is 1. The predicted molar refractivity (Wildman–Crippen MR) is 125 cm³/mol. The molecule has 0 radical (unpaired) electrons. The van der Waals surface area contributed by atoms with E-state index in [-0.39, 0.29) is 0 Å². The number of hydrogen-bond donors (Lipinski definition) is 0. The fraction of sp³-hybridized carbons (Fsp3) is 0.400. The van der Waals surface area contributed by atoms with Crippen LogP contribution in [0.5, 0.6) is 5.75 Å². The van der Waals surface area contributed by atoms with Crippen molar-refractivity contribution in [2.45, 2.75) is 32.2 Å². The highest BCUT2D eigenvalue weighted by molar-refractivity contribution is 5.56. The van der Waals surface area contributed by atoms with E-state index >= 15 is 0 Å². The zero-order valence-corrected chi connectivity index (χ0v) is 18.9. The van der Waals surface area contributed by atoms with Crippen LogP contribution in [0.4, 0.5) is 5.82 Å². The molecule has 6 nitrogen and oxygen atoms in total. The summed E-state index contributed by atoms with van der Waals surface area (Å²) in [6, 6.07) is 12.5. The zero-order chi connectivity index (χ0) is 21.8. The molecule has 1 saturated heterocycles. The molecule has 0 aliphatic carbocycles. The molecule has 0 unspecified atom stereocenters. The first-order chi connectivity index (χ1) is 15.0. The van der Waals surface area contributed by atoms with Gasteiger partial charge in [-0.3, -0.25) is 9.88 Å². The number of rotatable bonds is 6. The standard InChI is InChI=1S/C25H31N5O/c1-18-9-10-21(23(13-18)31-4)17-30-12-6-8-20(16-30)22-14-24(29(2)3)28-25(27-22)19-7-5-11-26-15-19/h5,7,9-11,13-15,20H,6,8,12,16-17H2,1-4H3/t20-/m0/s1. The number of likely N-dealkylation sites (tertiary alicyclic amines) is 1. The first-order valence-electron chi connectivity index (χ1n) is 10.9. The highest BCUT2D eigenvalue weighted by atomic mass is 16.5. The van der Waals surface area contributed by atoms with Gasteiger partial charge in [-0.2, -0.15) is 0 Å². The first-order valence-corrected chi connectivity index (χ1v) is 10.9. The number of nitrogens with zero attached hydrogens (tertiary/aromatic N) is 5. The second kappa shape index (κ2) is 9.43. The third kappa shape index (κ3) is 5.02. The molecule has 31 heavy (non-hydrogen) atoms. The molecule has 1 fully saturated rings. The molecular formula is C25H31N5O. The number of ether oxygens (including phenoxy) is 1. The van der Waals surface area contributed by atoms with Crippen molar-refractivity contribution in [3.8, 4) is 17.1 Å². The molecule has 1 aliphatic heterocycles. The van der Waals surface area contributed by atoms with Gasteiger partial charge < -0.3 is 9.64 Å². The molecule has 3 aromatic rings. The van der Waals surface area contributed by atoms with Gasteiger partial charge in [0.1, 0.15) is 11.6 Å². The van der Waals surface area contributed by atoms with Crippen molar-refractivity contribution in [3.05, 3.63) is 65.6 Å². The highest BCUT2D eigenvalue weighted by Gasteiger charge is 2.25. The third-order valence-corrected chi connectivity index (χ3v) is 5.87. The van der Waals surface area contributed by atoms with Crippen LogP contribution in [0.3, 0.4) is 0 Å². The normalized spacial score (nSPS) is 16.8. The maximum absolute atomic E-state index is 5.63. The van der Waals surface area contributed by atoms with Gasteiger partial charge in [-0.1, -0.05) is 12.1 Å². The SMILES string of the molecule is COc1cc(C)ccc1CN1CCC[C@H](c2cc(N(C)C)nc(-c3cccnc3)n2)C1. The monoisotopic (exact) mass is 417 g/mol. The van der Waals surface area contributed by atoms with Crippen LogP contribution in [0.25, 0.3) is 11.4 Å². The number of aromatic nitrogens is 3. The van der Waals surface area contributed by atoms with Gasteiger partial charge in [0.05, 0.1) is 12.8 Å². The lowest BCUT2D eigenvalue weighted by Gasteiger charge is -2.33. The lowest BCUT2D eigenvalue weighted by Crippen LogP contribution is -2.34. The molecule has 0 N–H and O–H groups in total. The fourth-order valence-electron chi connectivity index (χ4n) is 4.18. The van der Waals surface area contributed by atoms with E-state index in [2.05, 4.69) is 41.1 Å². The van der Waals surface area contributed by atoms with E-state index in [1.165, 1.54) is 11.1 Å². The van der Waals surface area contributed by atoms with Gasteiger partial charge in [0.15, 0.2) is 5.82 Å². The Morgan fingerprint density at radius 3 is 2.77 bits per heavy atom. The molecule has 1 aliphatic rings. The Bertz CT molecular complexity index is 1020. The maximum Gasteiger partial charge on any atom is 0.163 e. The second-order valence-corrected chi connectivity index (χ2v) is 8.50. The number of aryl methyl sites for hydroxylation is 1. The minimum atomic E-state index is 0.377. The quantitative estimate of drug-likeness (QED) is 0.596. The molecule has 3 heterocycles. The average molecular weight is 418 g/mol. The van der Waals surface area contributed by atoms with Crippen molar-refractivity contribution in [1.82, 2.24) is 19.9 Å². The van der Waals surface area contributed by atoms with E-state index in [1.54, 1.807) is 13.3 Å². The Morgan fingerprint density at radius 2 is 2.03 bits per heavy atom. The molecule has 1 aromatic carbocycles. The summed E-state index contributed by atoms with van der Waals surface area (Å²) in [4.78, 5) is 18.5. The zero-order valence-electron chi connectivity index (χ0n) is 18.9. The van der Waals surface area contributed by atoms with Crippen LogP contribution in [-0.2, 0) is 6.54 Å². The minimum absolute atomic E-state index is 0.377. The van der Waals surface area contributed by atoms with Crippen LogP contribution in [0.2, 0.25) is 0 Å². The molecule has 4 rings (SSSR count). The van der Waals surface area contributed by atoms with E-state index in [1.807, 2.05) is 37.3 Å². The van der Waals surface area contributed by atoms with Crippen molar-refractivity contribution in [1.29, 1.82) is 0 Å². The summed E-state index contributed by atoms with van der Waals surface area (Å²) in [5, 5.41) is 0. The summed E-state index contributed by atoms with van der Waals surface area (Å²) in [5.41, 5.74) is 4.52. The molecule has 6 heteroatoms. The number of anilines is 1. The van der Waals surface area contributed by atoms with Gasteiger partial charge in [-0.05, 0) is 50.1 Å². The molecule has 0 saturated carbocycles. The van der Waals surface area contributed by atoms with Gasteiger partial charge in [-0.25, -0.2) is 9.97 Å². The van der Waals surface area contributed by atoms with Gasteiger partial charge in [0.2, 0.25) is 0 Å². The third-order valence-electron chi connectivity index (χ3n) is 5.87. The summed E-state index contributed by atoms with van der Waals surface area (Å²) >= 11 is 0. The molecule has 1 atom stereocenters. The predicted octanol–water partition coefficient (Wildman–Crippen LogP) is 4.30. The summed E-state index contributed by atoms with van der Waals surface area (Å²) in [7, 11) is 5.80. The van der Waals surface area contributed by atoms with Crippen LogP contribution in [-0.4, -0.2) is 54.1 Å². The molecule has 0 bridgehead atoms. The fourth-order valence-corrected chi connectivity index (χ4v) is 4.18. The lowest BCUT2D eigenvalue weighted by molar-refractivity contribution is 0.196. The molecule has 2 aromatic heterocycles. The van der Waals surface area contributed by atoms with E-state index < -0.39 is 0 Å². The van der Waals surface area contributed by atoms with Gasteiger partial charge in [-0.15, -0.1) is 0 Å². The Balaban J connectivity index is 1.58. The maximum atomic E-state index is 5.63. The van der Waals surface area contributed by atoms with E-state index in [4.69, 9.17) is 14.7 Å². The summed E-state index contributed by atoms with van der Waals surface area (Å²) in [6.07, 6.45) is 5.90. The lowest BCUT2D eigenvalue weighted by atomic mass is 9.93. The summed E-state index contributed by atoms with van der Waals surface area (Å²) in [6.45, 7) is 5.06. The second-order valence-electron chi connectivity index (χ2n) is 8.50. The van der Waals surface area contributed by atoms with Crippen LogP contribution in [0.15, 0.2) is 48.8 Å². The first kappa shape index (κ1) is 21.2. The minimum Gasteiger partial charge on any atom is -0.496 e. The molecular weight excluding hydrogens is 386 g/mol. The highest BCUT2D eigenvalue weighted by Crippen LogP contribution is 2.31. The van der Waals surface area contributed by atoms with E-state index in [0.717, 1.165) is 61.1 Å². The largest absolute Gasteiger partial charge is 0.496 e. The van der Waals surface area contributed by atoms with Crippen LogP contribution < -0.4 is 9.64 Å². The van der Waals surface area contributed by atoms with Gasteiger partial charge >= 0.3 is 0 Å². The number of hydrogen-bond acceptors (Lipinski definition) is 6. The van der Waals surface area contributed by atoms with Gasteiger partial charge in [0.25, 0.3) is 0 Å². The van der Waals surface area contributed by atoms with E-state index in [0.29, 0.717) is 5.92 Å². The van der Waals surface area contributed by atoms with Crippen molar-refractivity contribution < 1.29 is 4.74 Å². The van der Waals surface area contributed by atoms with Crippen LogP contribution in [0, 0.1) is 6.92 Å². The molecule has 162 valence electrons. The van der Waals surface area contributed by atoms with Crippen molar-refractivity contribution in [3.63, 3.8) is 0 Å². The topological polar surface area (TPSA) is 54.4 Å². The van der Waals surface area contributed by atoms with Crippen molar-refractivity contribution in [2.75, 3.05) is 39.2 Å². The molecule has 0 spiro atoms. The Hall–Kier alpha value is -2.99. The summed E-state index contributed by atoms with van der Waals surface area (Å²) < 4.78 is 5.63. The Kier molecular flexibility index (Phi) is 6.47. The van der Waals surface area contributed by atoms with Crippen molar-refractivity contribution >= 4 is 5.82 Å². The number of methoxy groups -OCH3 is 1. The van der Waals surface area contributed by atoms with Gasteiger partial charge in [0, 0.05) is 62.7 Å². The van der Waals surface area contributed by atoms with Crippen LogP contribution in [0.1, 0.15) is 35.6 Å². The van der Waals surface area contributed by atoms with Crippen molar-refractivity contribution in [2.24, 2.45) is 0 Å². The summed E-state index contributed by atoms with van der Waals surface area (Å²) in [5.74, 6) is 3.02. The smallest absolute Gasteiger partial charge is 0.163 e. The average Bonchev–Trinajstić information content (AvgIpc) is 2.80. The van der Waals surface area contributed by atoms with E-state index in [9.17, 15) is 0 Å². The Labute approximate surface area is 184 Å². The number of benzene rings is 1. The number of pyridine rings is 1. The van der Waals surface area contributed by atoms with Crippen LogP contribution >= 0.6 is 0 Å². The molecule has 0 amide bonds.